The molecule has 7 heteroatoms. The lowest BCUT2D eigenvalue weighted by molar-refractivity contribution is -0.118. The summed E-state index contributed by atoms with van der Waals surface area (Å²) in [5.74, 6) is 0.865. The average Bonchev–Trinajstić information content (AvgIpc) is 3.04. The van der Waals surface area contributed by atoms with E-state index in [-0.39, 0.29) is 11.3 Å². The van der Waals surface area contributed by atoms with E-state index in [0.717, 1.165) is 32.5 Å². The van der Waals surface area contributed by atoms with Crippen LogP contribution in [-0.4, -0.2) is 45.4 Å². The molecule has 0 aromatic carbocycles. The number of fused-ring (bicyclic) bond motifs is 1. The molecule has 2 aromatic rings. The second kappa shape index (κ2) is 4.24. The second-order valence-corrected chi connectivity index (χ2v) is 5.73. The molecule has 2 fully saturated rings. The summed E-state index contributed by atoms with van der Waals surface area (Å²) >= 11 is 0. The Balaban J connectivity index is 1.66. The van der Waals surface area contributed by atoms with Crippen molar-refractivity contribution in [3.63, 3.8) is 0 Å². The predicted molar refractivity (Wildman–Crippen MR) is 72.3 cm³/mol. The van der Waals surface area contributed by atoms with Crippen molar-refractivity contribution in [2.75, 3.05) is 24.5 Å². The highest BCUT2D eigenvalue weighted by Crippen LogP contribution is 2.40. The minimum absolute atomic E-state index is 0.131. The number of nitrogens with one attached hydrogen (secondary N) is 1. The molecule has 2 aliphatic rings. The van der Waals surface area contributed by atoms with Crippen LogP contribution in [0.4, 0.5) is 5.82 Å². The van der Waals surface area contributed by atoms with Gasteiger partial charge in [0.2, 0.25) is 5.91 Å². The number of piperidine rings is 1. The van der Waals surface area contributed by atoms with Gasteiger partial charge in [0.25, 0.3) is 0 Å². The molecule has 0 unspecified atom stereocenters. The summed E-state index contributed by atoms with van der Waals surface area (Å²) in [7, 11) is 0. The lowest BCUT2D eigenvalue weighted by Crippen LogP contribution is -2.38. The highest BCUT2D eigenvalue weighted by molar-refractivity contribution is 5.95. The standard InChI is InChI=1S/C13H16N6O/c20-12-7-13(3-5-14-6-4-13)8-18(12)11-2-1-10-16-15-9-19(10)17-11/h1-2,9,14H,3-8H2. The minimum atomic E-state index is 0.131. The minimum Gasteiger partial charge on any atom is -0.317 e. The van der Waals surface area contributed by atoms with Gasteiger partial charge in [0.05, 0.1) is 0 Å². The van der Waals surface area contributed by atoms with Crippen LogP contribution >= 0.6 is 0 Å². The largest absolute Gasteiger partial charge is 0.317 e. The van der Waals surface area contributed by atoms with Crippen LogP contribution in [0.3, 0.4) is 0 Å². The average molecular weight is 272 g/mol. The van der Waals surface area contributed by atoms with Crippen molar-refractivity contribution in [2.24, 2.45) is 5.41 Å². The van der Waals surface area contributed by atoms with Gasteiger partial charge in [0, 0.05) is 13.0 Å². The van der Waals surface area contributed by atoms with E-state index < -0.39 is 0 Å². The lowest BCUT2D eigenvalue weighted by Gasteiger charge is -2.32. The molecule has 0 atom stereocenters. The lowest BCUT2D eigenvalue weighted by atomic mass is 9.78. The maximum absolute atomic E-state index is 12.3. The Kier molecular flexibility index (Phi) is 2.50. The van der Waals surface area contributed by atoms with Gasteiger partial charge in [0.15, 0.2) is 11.5 Å². The zero-order valence-electron chi connectivity index (χ0n) is 11.1. The van der Waals surface area contributed by atoms with Gasteiger partial charge >= 0.3 is 0 Å². The highest BCUT2D eigenvalue weighted by Gasteiger charge is 2.44. The van der Waals surface area contributed by atoms with Crippen LogP contribution in [0.25, 0.3) is 5.65 Å². The molecule has 0 radical (unpaired) electrons. The Hall–Kier alpha value is -2.02. The number of anilines is 1. The first-order chi connectivity index (χ1) is 9.76. The molecule has 7 nitrogen and oxygen atoms in total. The number of nitrogens with zero attached hydrogens (tertiary/aromatic N) is 5. The van der Waals surface area contributed by atoms with Gasteiger partial charge in [0.1, 0.15) is 6.33 Å². The van der Waals surface area contributed by atoms with Gasteiger partial charge in [-0.2, -0.15) is 4.52 Å². The fourth-order valence-electron chi connectivity index (χ4n) is 3.26. The number of rotatable bonds is 1. The molecular formula is C13H16N6O. The van der Waals surface area contributed by atoms with Crippen LogP contribution < -0.4 is 10.2 Å². The first-order valence-electron chi connectivity index (χ1n) is 6.94. The molecule has 104 valence electrons. The maximum atomic E-state index is 12.3. The van der Waals surface area contributed by atoms with Crippen LogP contribution in [0.5, 0.6) is 0 Å². The summed E-state index contributed by atoms with van der Waals surface area (Å²) in [6.45, 7) is 2.77. The van der Waals surface area contributed by atoms with Crippen LogP contribution in [0, 0.1) is 5.41 Å². The number of carbonyl (C=O) groups is 1. The normalized spacial score (nSPS) is 22.0. The zero-order valence-corrected chi connectivity index (χ0v) is 11.1. The smallest absolute Gasteiger partial charge is 0.228 e. The quantitative estimate of drug-likeness (QED) is 0.804. The number of carbonyl (C=O) groups excluding carboxylic acids is 1. The van der Waals surface area contributed by atoms with Gasteiger partial charge in [-0.25, -0.2) is 0 Å². The van der Waals surface area contributed by atoms with Crippen molar-refractivity contribution in [1.29, 1.82) is 0 Å². The fourth-order valence-corrected chi connectivity index (χ4v) is 3.26. The van der Waals surface area contributed by atoms with E-state index in [0.29, 0.717) is 17.9 Å². The summed E-state index contributed by atoms with van der Waals surface area (Å²) in [5.41, 5.74) is 0.823. The van der Waals surface area contributed by atoms with Gasteiger partial charge in [-0.05, 0) is 43.5 Å². The Morgan fingerprint density at radius 3 is 2.95 bits per heavy atom. The molecular weight excluding hydrogens is 256 g/mol. The van der Waals surface area contributed by atoms with Crippen molar-refractivity contribution in [3.8, 4) is 0 Å². The Morgan fingerprint density at radius 2 is 2.10 bits per heavy atom. The van der Waals surface area contributed by atoms with Crippen molar-refractivity contribution < 1.29 is 4.79 Å². The summed E-state index contributed by atoms with van der Waals surface area (Å²) in [6, 6.07) is 3.69. The van der Waals surface area contributed by atoms with E-state index in [4.69, 9.17) is 0 Å². The van der Waals surface area contributed by atoms with E-state index in [1.165, 1.54) is 0 Å². The zero-order chi connectivity index (χ0) is 13.6. The third-order valence-electron chi connectivity index (χ3n) is 4.41. The van der Waals surface area contributed by atoms with Gasteiger partial charge in [-0.1, -0.05) is 0 Å². The summed E-state index contributed by atoms with van der Waals surface area (Å²) in [4.78, 5) is 14.2. The number of aromatic nitrogens is 4. The first-order valence-corrected chi connectivity index (χ1v) is 6.94. The van der Waals surface area contributed by atoms with Crippen molar-refractivity contribution in [2.45, 2.75) is 19.3 Å². The summed E-state index contributed by atoms with van der Waals surface area (Å²) in [6.07, 6.45) is 4.31. The molecule has 4 rings (SSSR count). The van der Waals surface area contributed by atoms with Crippen LogP contribution in [0.15, 0.2) is 18.5 Å². The summed E-state index contributed by atoms with van der Waals surface area (Å²) in [5, 5.41) is 15.5. The Labute approximate surface area is 116 Å². The SMILES string of the molecule is O=C1CC2(CCNCC2)CN1c1ccc2nncn2n1. The highest BCUT2D eigenvalue weighted by atomic mass is 16.2. The molecule has 20 heavy (non-hydrogen) atoms. The predicted octanol–water partition coefficient (Wildman–Crippen LogP) is 0.231. The van der Waals surface area contributed by atoms with E-state index >= 15 is 0 Å². The third-order valence-corrected chi connectivity index (χ3v) is 4.41. The van der Waals surface area contributed by atoms with Crippen LogP contribution in [0.2, 0.25) is 0 Å². The monoisotopic (exact) mass is 272 g/mol. The molecule has 2 saturated heterocycles. The molecule has 0 bridgehead atoms. The second-order valence-electron chi connectivity index (χ2n) is 5.73. The van der Waals surface area contributed by atoms with Gasteiger partial charge in [-0.15, -0.1) is 15.3 Å². The number of amides is 1. The third kappa shape index (κ3) is 1.77. The molecule has 2 aromatic heterocycles. The van der Waals surface area contributed by atoms with Gasteiger partial charge in [-0.3, -0.25) is 9.69 Å². The Morgan fingerprint density at radius 1 is 1.25 bits per heavy atom. The number of hydrogen-bond acceptors (Lipinski definition) is 5. The fraction of sp³-hybridized carbons (Fsp3) is 0.538. The maximum Gasteiger partial charge on any atom is 0.228 e. The molecule has 2 aliphatic heterocycles. The van der Waals surface area contributed by atoms with Crippen LogP contribution in [-0.2, 0) is 4.79 Å². The van der Waals surface area contributed by atoms with Crippen LogP contribution in [0.1, 0.15) is 19.3 Å². The Bertz CT molecular complexity index is 660. The molecule has 1 spiro atoms. The summed E-state index contributed by atoms with van der Waals surface area (Å²) < 4.78 is 1.61. The molecule has 4 heterocycles. The van der Waals surface area contributed by atoms with Crippen molar-refractivity contribution >= 4 is 17.4 Å². The number of hydrogen-bond donors (Lipinski definition) is 1. The van der Waals surface area contributed by atoms with E-state index in [1.807, 2.05) is 17.0 Å². The van der Waals surface area contributed by atoms with E-state index in [2.05, 4.69) is 20.6 Å². The molecule has 0 saturated carbocycles. The van der Waals surface area contributed by atoms with E-state index in [1.54, 1.807) is 10.8 Å². The van der Waals surface area contributed by atoms with Gasteiger partial charge < -0.3 is 5.32 Å². The molecule has 0 aliphatic carbocycles. The first kappa shape index (κ1) is 11.8. The molecule has 1 amide bonds. The van der Waals surface area contributed by atoms with E-state index in [9.17, 15) is 4.79 Å². The van der Waals surface area contributed by atoms with Crippen molar-refractivity contribution in [3.05, 3.63) is 18.5 Å². The van der Waals surface area contributed by atoms with Crippen molar-refractivity contribution in [1.82, 2.24) is 25.1 Å². The molecule has 1 N–H and O–H groups in total. The topological polar surface area (TPSA) is 75.4 Å².